The molecule has 6 N–H and O–H groups in total. The zero-order valence-corrected chi connectivity index (χ0v) is 33.9. The number of carboxylic acid groups (broad SMARTS) is 2. The van der Waals surface area contributed by atoms with E-state index in [1.165, 1.54) is 6.92 Å². The van der Waals surface area contributed by atoms with Crippen LogP contribution in [0.5, 0.6) is 0 Å². The standard InChI is InChI=1S/C43H78O11/c1-3-4-5-26-31-43(33-28-23-19-15-17-21-25-30-38(49)50,42(53)54-41(35(2)45)40(52)39(51)36(46)34-44)32-27-22-18-14-12-10-8-6-7-9-11-13-16-20-24-29-37(47)48/h6-7,36,39-41,44,46,51-52H,3-5,8-34H2,1-2H3,(H,47,48)(H,49,50)/b7-6-/t36-,39-,40+,41+,43?/m1/s1. The Bertz CT molecular complexity index is 1000. The second-order valence-electron chi connectivity index (χ2n) is 15.5. The maximum atomic E-state index is 14.2. The summed E-state index contributed by atoms with van der Waals surface area (Å²) in [6.45, 7) is 2.47. The summed E-state index contributed by atoms with van der Waals surface area (Å²) in [5, 5.41) is 57.8. The number of hydrogen-bond donors (Lipinski definition) is 6. The van der Waals surface area contributed by atoms with E-state index in [0.29, 0.717) is 25.7 Å². The first-order chi connectivity index (χ1) is 25.9. The molecular weight excluding hydrogens is 692 g/mol. The molecule has 1 unspecified atom stereocenters. The van der Waals surface area contributed by atoms with Crippen LogP contribution < -0.4 is 0 Å². The van der Waals surface area contributed by atoms with Crippen molar-refractivity contribution in [3.63, 3.8) is 0 Å². The molecular formula is C43H78O11. The number of rotatable bonds is 39. The Labute approximate surface area is 326 Å². The fraction of sp³-hybridized carbons (Fsp3) is 0.860. The van der Waals surface area contributed by atoms with E-state index >= 15 is 0 Å². The fourth-order valence-corrected chi connectivity index (χ4v) is 7.08. The first-order valence-electron chi connectivity index (χ1n) is 21.4. The van der Waals surface area contributed by atoms with E-state index in [0.717, 1.165) is 148 Å². The fourth-order valence-electron chi connectivity index (χ4n) is 7.08. The summed E-state index contributed by atoms with van der Waals surface area (Å²) in [6.07, 6.45) is 23.1. The molecule has 0 heterocycles. The van der Waals surface area contributed by atoms with Gasteiger partial charge in [-0.15, -0.1) is 0 Å². The van der Waals surface area contributed by atoms with Crippen LogP contribution in [0.2, 0.25) is 0 Å². The molecule has 0 saturated heterocycles. The highest BCUT2D eigenvalue weighted by molar-refractivity contribution is 5.86. The molecule has 11 nitrogen and oxygen atoms in total. The van der Waals surface area contributed by atoms with Crippen LogP contribution >= 0.6 is 0 Å². The van der Waals surface area contributed by atoms with Gasteiger partial charge in [-0.1, -0.05) is 135 Å². The molecule has 0 aliphatic carbocycles. The summed E-state index contributed by atoms with van der Waals surface area (Å²) in [4.78, 5) is 48.1. The minimum atomic E-state index is -1.88. The maximum absolute atomic E-state index is 14.2. The molecule has 5 atom stereocenters. The van der Waals surface area contributed by atoms with E-state index in [-0.39, 0.29) is 12.8 Å². The van der Waals surface area contributed by atoms with Gasteiger partial charge in [0.15, 0.2) is 11.9 Å². The number of allylic oxidation sites excluding steroid dienone is 2. The second kappa shape index (κ2) is 34.0. The molecule has 11 heteroatoms. The van der Waals surface area contributed by atoms with E-state index in [9.17, 15) is 39.6 Å². The number of aliphatic carboxylic acids is 2. The first-order valence-corrected chi connectivity index (χ1v) is 21.4. The molecule has 0 amide bonds. The zero-order chi connectivity index (χ0) is 40.5. The number of carbonyl (C=O) groups excluding carboxylic acids is 2. The molecule has 54 heavy (non-hydrogen) atoms. The van der Waals surface area contributed by atoms with Crippen molar-refractivity contribution < 1.29 is 54.6 Å². The molecule has 0 bridgehead atoms. The van der Waals surface area contributed by atoms with Gasteiger partial charge in [0.25, 0.3) is 0 Å². The number of Topliss-reactive ketones (excluding diaryl/α,β-unsaturated/α-hetero) is 1. The molecule has 0 aliphatic heterocycles. The lowest BCUT2D eigenvalue weighted by Crippen LogP contribution is -2.51. The van der Waals surface area contributed by atoms with Crippen molar-refractivity contribution in [2.24, 2.45) is 5.41 Å². The molecule has 0 fully saturated rings. The lowest BCUT2D eigenvalue weighted by Gasteiger charge is -2.35. The van der Waals surface area contributed by atoms with Crippen molar-refractivity contribution >= 4 is 23.7 Å². The third-order valence-corrected chi connectivity index (χ3v) is 10.6. The topological polar surface area (TPSA) is 199 Å². The third-order valence-electron chi connectivity index (χ3n) is 10.6. The van der Waals surface area contributed by atoms with Gasteiger partial charge in [0.2, 0.25) is 0 Å². The molecule has 0 rings (SSSR count). The minimum absolute atomic E-state index is 0.188. The normalized spacial score (nSPS) is 15.1. The first kappa shape index (κ1) is 51.7. The monoisotopic (exact) mass is 771 g/mol. The molecule has 0 saturated carbocycles. The second-order valence-corrected chi connectivity index (χ2v) is 15.5. The summed E-state index contributed by atoms with van der Waals surface area (Å²) >= 11 is 0. The van der Waals surface area contributed by atoms with E-state index < -0.39 is 60.1 Å². The Morgan fingerprint density at radius 1 is 0.556 bits per heavy atom. The van der Waals surface area contributed by atoms with Gasteiger partial charge in [0, 0.05) is 12.8 Å². The number of unbranched alkanes of at least 4 members (excludes halogenated alkanes) is 20. The van der Waals surface area contributed by atoms with E-state index in [1.54, 1.807) is 0 Å². The van der Waals surface area contributed by atoms with Crippen molar-refractivity contribution in [1.29, 1.82) is 0 Å². The van der Waals surface area contributed by atoms with Gasteiger partial charge in [-0.3, -0.25) is 19.2 Å². The SMILES string of the molecule is CCCCCCC(CCCCCCCC/C=C\CCCCCCCC(=O)O)(CCCCCCCCCC(=O)O)C(=O)O[C@@H](C(C)=O)[C@@H](O)[C@H](O)[C@H](O)CO. The summed E-state index contributed by atoms with van der Waals surface area (Å²) in [5.41, 5.74) is -0.855. The zero-order valence-electron chi connectivity index (χ0n) is 33.9. The molecule has 0 radical (unpaired) electrons. The number of carbonyl (C=O) groups is 4. The highest BCUT2D eigenvalue weighted by Gasteiger charge is 2.43. The summed E-state index contributed by atoms with van der Waals surface area (Å²) in [7, 11) is 0. The van der Waals surface area contributed by atoms with Crippen LogP contribution in [0.3, 0.4) is 0 Å². The summed E-state index contributed by atoms with van der Waals surface area (Å²) < 4.78 is 5.78. The minimum Gasteiger partial charge on any atom is -0.481 e. The smallest absolute Gasteiger partial charge is 0.312 e. The largest absolute Gasteiger partial charge is 0.481 e. The predicted molar refractivity (Wildman–Crippen MR) is 212 cm³/mol. The number of ether oxygens (including phenoxy) is 1. The molecule has 0 spiro atoms. The number of aliphatic hydroxyl groups is 4. The Balaban J connectivity index is 5.25. The average Bonchev–Trinajstić information content (AvgIpc) is 3.14. The van der Waals surface area contributed by atoms with Crippen LogP contribution in [0.1, 0.15) is 200 Å². The van der Waals surface area contributed by atoms with Crippen LogP contribution in [0.4, 0.5) is 0 Å². The lowest BCUT2D eigenvalue weighted by molar-refractivity contribution is -0.182. The molecule has 0 aromatic rings. The van der Waals surface area contributed by atoms with Gasteiger partial charge in [0.1, 0.15) is 18.3 Å². The van der Waals surface area contributed by atoms with Crippen LogP contribution in [0.15, 0.2) is 12.2 Å². The average molecular weight is 771 g/mol. The number of carboxylic acids is 2. The number of hydrogen-bond acceptors (Lipinski definition) is 9. The van der Waals surface area contributed by atoms with Gasteiger partial charge in [0.05, 0.1) is 12.0 Å². The van der Waals surface area contributed by atoms with Crippen molar-refractivity contribution in [3.05, 3.63) is 12.2 Å². The van der Waals surface area contributed by atoms with E-state index in [4.69, 9.17) is 14.9 Å². The highest BCUT2D eigenvalue weighted by Crippen LogP contribution is 2.40. The lowest BCUT2D eigenvalue weighted by atomic mass is 9.73. The van der Waals surface area contributed by atoms with Gasteiger partial charge in [-0.2, -0.15) is 0 Å². The Kier molecular flexibility index (Phi) is 32.5. The molecule has 0 aliphatic rings. The number of aliphatic hydroxyl groups excluding tert-OH is 4. The summed E-state index contributed by atoms with van der Waals surface area (Å²) in [5.74, 6) is -2.69. The van der Waals surface area contributed by atoms with E-state index in [1.807, 2.05) is 0 Å². The molecule has 0 aromatic carbocycles. The highest BCUT2D eigenvalue weighted by atomic mass is 16.6. The van der Waals surface area contributed by atoms with Crippen LogP contribution in [0, 0.1) is 5.41 Å². The van der Waals surface area contributed by atoms with Crippen LogP contribution in [-0.2, 0) is 23.9 Å². The Morgan fingerprint density at radius 2 is 0.926 bits per heavy atom. The quantitative estimate of drug-likeness (QED) is 0.0199. The van der Waals surface area contributed by atoms with Crippen molar-refractivity contribution in [1.82, 2.24) is 0 Å². The van der Waals surface area contributed by atoms with Crippen molar-refractivity contribution in [3.8, 4) is 0 Å². The van der Waals surface area contributed by atoms with Crippen LogP contribution in [-0.4, -0.2) is 85.4 Å². The Morgan fingerprint density at radius 3 is 1.30 bits per heavy atom. The van der Waals surface area contributed by atoms with Crippen molar-refractivity contribution in [2.45, 2.75) is 224 Å². The molecule has 316 valence electrons. The Hall–Kier alpha value is -2.34. The molecule has 0 aromatic heterocycles. The van der Waals surface area contributed by atoms with Gasteiger partial charge < -0.3 is 35.4 Å². The number of ketones is 1. The van der Waals surface area contributed by atoms with Gasteiger partial charge >= 0.3 is 17.9 Å². The predicted octanol–water partition coefficient (Wildman–Crippen LogP) is 8.61. The van der Waals surface area contributed by atoms with Crippen LogP contribution in [0.25, 0.3) is 0 Å². The maximum Gasteiger partial charge on any atom is 0.312 e. The van der Waals surface area contributed by atoms with Gasteiger partial charge in [-0.05, 0) is 64.7 Å². The third kappa shape index (κ3) is 26.5. The van der Waals surface area contributed by atoms with Gasteiger partial charge in [-0.25, -0.2) is 0 Å². The van der Waals surface area contributed by atoms with Crippen molar-refractivity contribution in [2.75, 3.05) is 6.61 Å². The van der Waals surface area contributed by atoms with E-state index in [2.05, 4.69) is 19.1 Å². The number of esters is 1. The summed E-state index contributed by atoms with van der Waals surface area (Å²) in [6, 6.07) is 0.